The smallest absolute Gasteiger partial charge is 0.255 e. The first-order chi connectivity index (χ1) is 8.58. The molecule has 0 saturated carbocycles. The van der Waals surface area contributed by atoms with E-state index in [0.717, 1.165) is 5.56 Å². The molecule has 2 aromatic rings. The maximum absolute atomic E-state index is 11.8. The first kappa shape index (κ1) is 13.0. The van der Waals surface area contributed by atoms with Crippen molar-refractivity contribution in [3.63, 3.8) is 0 Å². The second kappa shape index (κ2) is 5.46. The van der Waals surface area contributed by atoms with Crippen LogP contribution in [0, 0.1) is 6.92 Å². The first-order valence-electron chi connectivity index (χ1n) is 5.34. The van der Waals surface area contributed by atoms with Crippen LogP contribution in [0.3, 0.4) is 0 Å². The number of hydrogen-bond donors (Lipinski definition) is 1. The molecule has 0 atom stereocenters. The molecule has 0 bridgehead atoms. The molecule has 3 nitrogen and oxygen atoms in total. The van der Waals surface area contributed by atoms with Crippen molar-refractivity contribution in [1.82, 2.24) is 5.32 Å². The summed E-state index contributed by atoms with van der Waals surface area (Å²) in [5.74, 6) is 0.425. The molecule has 0 saturated heterocycles. The Morgan fingerprint density at radius 2 is 2.06 bits per heavy atom. The molecule has 0 unspecified atom stereocenters. The number of aryl methyl sites for hydroxylation is 1. The number of benzene rings is 1. The lowest BCUT2D eigenvalue weighted by molar-refractivity contribution is 0.0949. The predicted molar refractivity (Wildman–Crippen MR) is 71.1 cm³/mol. The molecule has 1 heterocycles. The van der Waals surface area contributed by atoms with E-state index in [4.69, 9.17) is 27.6 Å². The Morgan fingerprint density at radius 3 is 2.67 bits per heavy atom. The van der Waals surface area contributed by atoms with E-state index in [0.29, 0.717) is 27.9 Å². The number of carbonyl (C=O) groups is 1. The highest BCUT2D eigenvalue weighted by atomic mass is 35.5. The summed E-state index contributed by atoms with van der Waals surface area (Å²) in [7, 11) is 0. The van der Waals surface area contributed by atoms with Crippen molar-refractivity contribution in [2.75, 3.05) is 0 Å². The van der Waals surface area contributed by atoms with Gasteiger partial charge in [-0.25, -0.2) is 0 Å². The van der Waals surface area contributed by atoms with E-state index in [9.17, 15) is 4.79 Å². The summed E-state index contributed by atoms with van der Waals surface area (Å²) in [6, 6.07) is 6.89. The van der Waals surface area contributed by atoms with Crippen LogP contribution in [0.4, 0.5) is 0 Å². The molecule has 0 aliphatic rings. The Hall–Kier alpha value is -1.45. The lowest BCUT2D eigenvalue weighted by Crippen LogP contribution is -2.22. The lowest BCUT2D eigenvalue weighted by atomic mass is 10.2. The number of nitrogens with one attached hydrogen (secondary N) is 1. The second-order valence-electron chi connectivity index (χ2n) is 3.82. The van der Waals surface area contributed by atoms with E-state index in [-0.39, 0.29) is 5.91 Å². The van der Waals surface area contributed by atoms with Crippen molar-refractivity contribution in [3.8, 4) is 0 Å². The fourth-order valence-electron chi connectivity index (χ4n) is 1.55. The largest absolute Gasteiger partial charge is 0.469 e. The summed E-state index contributed by atoms with van der Waals surface area (Å²) >= 11 is 11.7. The lowest BCUT2D eigenvalue weighted by Gasteiger charge is -2.05. The number of hydrogen-bond acceptors (Lipinski definition) is 2. The van der Waals surface area contributed by atoms with Gasteiger partial charge in [-0.3, -0.25) is 4.79 Å². The zero-order chi connectivity index (χ0) is 13.1. The molecule has 1 N–H and O–H groups in total. The maximum atomic E-state index is 11.8. The molecule has 94 valence electrons. The number of halogens is 2. The van der Waals surface area contributed by atoms with Gasteiger partial charge in [0.25, 0.3) is 5.91 Å². The molecule has 0 aliphatic carbocycles. The summed E-state index contributed by atoms with van der Waals surface area (Å²) in [5.41, 5.74) is 1.42. The Labute approximate surface area is 115 Å². The second-order valence-corrected chi connectivity index (χ2v) is 4.64. The summed E-state index contributed by atoms with van der Waals surface area (Å²) in [5, 5.41) is 3.76. The molecule has 1 amide bonds. The number of amides is 1. The van der Waals surface area contributed by atoms with Crippen LogP contribution < -0.4 is 5.32 Å². The molecule has 0 radical (unpaired) electrons. The third-order valence-corrected chi connectivity index (χ3v) is 3.28. The Morgan fingerprint density at radius 1 is 1.28 bits per heavy atom. The molecule has 0 aliphatic heterocycles. The summed E-state index contributed by atoms with van der Waals surface area (Å²) in [6.07, 6.45) is 1.49. The minimum atomic E-state index is -0.174. The van der Waals surface area contributed by atoms with Gasteiger partial charge in [0, 0.05) is 6.54 Å². The van der Waals surface area contributed by atoms with E-state index < -0.39 is 0 Å². The highest BCUT2D eigenvalue weighted by Gasteiger charge is 2.10. The van der Waals surface area contributed by atoms with Crippen LogP contribution in [-0.2, 0) is 6.54 Å². The van der Waals surface area contributed by atoms with Crippen molar-refractivity contribution in [2.45, 2.75) is 13.5 Å². The molecule has 18 heavy (non-hydrogen) atoms. The Bertz CT molecular complexity index is 578. The fourth-order valence-corrected chi connectivity index (χ4v) is 1.87. The van der Waals surface area contributed by atoms with E-state index in [2.05, 4.69) is 5.32 Å². The molecule has 5 heteroatoms. The maximum Gasteiger partial charge on any atom is 0.255 e. The van der Waals surface area contributed by atoms with Crippen LogP contribution in [0.1, 0.15) is 21.7 Å². The van der Waals surface area contributed by atoms with Gasteiger partial charge in [0.2, 0.25) is 0 Å². The van der Waals surface area contributed by atoms with Crippen molar-refractivity contribution >= 4 is 29.1 Å². The zero-order valence-corrected chi connectivity index (χ0v) is 11.2. The Balaban J connectivity index is 2.02. The van der Waals surface area contributed by atoms with Crippen molar-refractivity contribution in [3.05, 3.63) is 57.5 Å². The minimum Gasteiger partial charge on any atom is -0.469 e. The predicted octanol–water partition coefficient (Wildman–Crippen LogP) is 3.82. The third-order valence-electron chi connectivity index (χ3n) is 2.54. The van der Waals surface area contributed by atoms with Crippen molar-refractivity contribution in [1.29, 1.82) is 0 Å². The Kier molecular flexibility index (Phi) is 3.94. The fraction of sp³-hybridized carbons (Fsp3) is 0.154. The van der Waals surface area contributed by atoms with Gasteiger partial charge in [-0.1, -0.05) is 29.3 Å². The summed E-state index contributed by atoms with van der Waals surface area (Å²) < 4.78 is 5.07. The van der Waals surface area contributed by atoms with Crippen LogP contribution in [0.15, 0.2) is 34.9 Å². The average Bonchev–Trinajstić information content (AvgIpc) is 2.77. The van der Waals surface area contributed by atoms with Crippen LogP contribution in [0.2, 0.25) is 10.0 Å². The van der Waals surface area contributed by atoms with Crippen LogP contribution in [0.25, 0.3) is 0 Å². The van der Waals surface area contributed by atoms with Gasteiger partial charge in [0.1, 0.15) is 5.76 Å². The van der Waals surface area contributed by atoms with Crippen LogP contribution in [0.5, 0.6) is 0 Å². The topological polar surface area (TPSA) is 42.2 Å². The van der Waals surface area contributed by atoms with Gasteiger partial charge in [0.05, 0.1) is 21.9 Å². The van der Waals surface area contributed by atoms with Gasteiger partial charge < -0.3 is 9.73 Å². The SMILES string of the molecule is Cc1occc1C(=O)NCc1ccc(Cl)c(Cl)c1. The van der Waals surface area contributed by atoms with Crippen LogP contribution >= 0.6 is 23.2 Å². The van der Waals surface area contributed by atoms with Crippen molar-refractivity contribution in [2.24, 2.45) is 0 Å². The van der Waals surface area contributed by atoms with E-state index >= 15 is 0 Å². The molecule has 0 fully saturated rings. The molecule has 1 aromatic carbocycles. The van der Waals surface area contributed by atoms with Crippen molar-refractivity contribution < 1.29 is 9.21 Å². The summed E-state index contributed by atoms with van der Waals surface area (Å²) in [6.45, 7) is 2.13. The standard InChI is InChI=1S/C13H11Cl2NO2/c1-8-10(4-5-18-8)13(17)16-7-9-2-3-11(14)12(15)6-9/h2-6H,7H2,1H3,(H,16,17). The number of carbonyl (C=O) groups excluding carboxylic acids is 1. The summed E-state index contributed by atoms with van der Waals surface area (Å²) in [4.78, 5) is 11.8. The molecule has 0 spiro atoms. The minimum absolute atomic E-state index is 0.174. The monoisotopic (exact) mass is 283 g/mol. The van der Waals surface area contributed by atoms with Gasteiger partial charge in [0.15, 0.2) is 0 Å². The zero-order valence-electron chi connectivity index (χ0n) is 9.67. The van der Waals surface area contributed by atoms with Gasteiger partial charge in [-0.05, 0) is 30.7 Å². The number of furan rings is 1. The van der Waals surface area contributed by atoms with E-state index in [1.807, 2.05) is 6.07 Å². The normalized spacial score (nSPS) is 10.4. The first-order valence-corrected chi connectivity index (χ1v) is 6.09. The molecular formula is C13H11Cl2NO2. The van der Waals surface area contributed by atoms with Gasteiger partial charge in [-0.15, -0.1) is 0 Å². The number of rotatable bonds is 3. The highest BCUT2D eigenvalue weighted by Crippen LogP contribution is 2.22. The van der Waals surface area contributed by atoms with E-state index in [1.165, 1.54) is 6.26 Å². The molecule has 1 aromatic heterocycles. The van der Waals surface area contributed by atoms with Gasteiger partial charge in [-0.2, -0.15) is 0 Å². The molecule has 2 rings (SSSR count). The van der Waals surface area contributed by atoms with Crippen LogP contribution in [-0.4, -0.2) is 5.91 Å². The van der Waals surface area contributed by atoms with Gasteiger partial charge >= 0.3 is 0 Å². The van der Waals surface area contributed by atoms with E-state index in [1.54, 1.807) is 25.1 Å². The highest BCUT2D eigenvalue weighted by molar-refractivity contribution is 6.42. The third kappa shape index (κ3) is 2.86. The average molecular weight is 284 g/mol. The quantitative estimate of drug-likeness (QED) is 0.930. The molecular weight excluding hydrogens is 273 g/mol.